The van der Waals surface area contributed by atoms with Gasteiger partial charge >= 0.3 is 0 Å². The number of amides is 2. The minimum Gasteiger partial charge on any atom is -0.373 e. The van der Waals surface area contributed by atoms with E-state index in [1.165, 1.54) is 4.68 Å². The molecule has 2 aromatic rings. The number of nitrogens with zero attached hydrogens (tertiary/aromatic N) is 2. The van der Waals surface area contributed by atoms with E-state index in [4.69, 9.17) is 4.74 Å². The Morgan fingerprint density at radius 3 is 2.68 bits per heavy atom. The third kappa shape index (κ3) is 4.06. The first-order valence-electron chi connectivity index (χ1n) is 8.29. The van der Waals surface area contributed by atoms with Crippen LogP contribution >= 0.6 is 0 Å². The number of benzene rings is 1. The lowest BCUT2D eigenvalue weighted by atomic mass is 9.81. The van der Waals surface area contributed by atoms with E-state index in [0.29, 0.717) is 31.0 Å². The molecule has 1 fully saturated rings. The molecule has 7 nitrogen and oxygen atoms in total. The van der Waals surface area contributed by atoms with Crippen LogP contribution in [-0.4, -0.2) is 34.7 Å². The maximum atomic E-state index is 12.3. The van der Waals surface area contributed by atoms with Crippen LogP contribution in [0.15, 0.2) is 36.4 Å². The number of hydrogen-bond donors (Lipinski definition) is 2. The van der Waals surface area contributed by atoms with Crippen LogP contribution in [0.1, 0.15) is 28.9 Å². The Kier molecular flexibility index (Phi) is 5.14. The van der Waals surface area contributed by atoms with Crippen molar-refractivity contribution in [3.63, 3.8) is 0 Å². The Balaban J connectivity index is 1.45. The molecule has 1 saturated carbocycles. The molecule has 25 heavy (non-hydrogen) atoms. The van der Waals surface area contributed by atoms with Crippen LogP contribution in [0.25, 0.3) is 0 Å². The standard InChI is InChI=1S/C18H22N4O3/c1-19-18(24)15-10-16(21-22(15)2)20-17(23)13-8-14(9-13)25-11-12-6-4-3-5-7-12/h3-7,10,13-14H,8-9,11H2,1-2H3,(H,19,24)(H,20,21,23). The van der Waals surface area contributed by atoms with Gasteiger partial charge in [0.2, 0.25) is 5.91 Å². The summed E-state index contributed by atoms with van der Waals surface area (Å²) >= 11 is 0. The summed E-state index contributed by atoms with van der Waals surface area (Å²) < 4.78 is 7.26. The number of aromatic nitrogens is 2. The maximum absolute atomic E-state index is 12.3. The van der Waals surface area contributed by atoms with E-state index in [1.54, 1.807) is 20.2 Å². The number of carbonyl (C=O) groups is 2. The number of ether oxygens (including phenoxy) is 1. The van der Waals surface area contributed by atoms with Gasteiger partial charge in [0.05, 0.1) is 12.7 Å². The van der Waals surface area contributed by atoms with E-state index in [1.807, 2.05) is 30.3 Å². The predicted molar refractivity (Wildman–Crippen MR) is 93.0 cm³/mol. The lowest BCUT2D eigenvalue weighted by Crippen LogP contribution is -2.39. The van der Waals surface area contributed by atoms with Gasteiger partial charge in [-0.1, -0.05) is 30.3 Å². The Bertz CT molecular complexity index is 751. The zero-order valence-electron chi connectivity index (χ0n) is 14.4. The molecule has 0 atom stereocenters. The maximum Gasteiger partial charge on any atom is 0.269 e. The molecule has 0 radical (unpaired) electrons. The molecule has 0 spiro atoms. The SMILES string of the molecule is CNC(=O)c1cc(NC(=O)C2CC(OCc3ccccc3)C2)nn1C. The van der Waals surface area contributed by atoms with E-state index in [-0.39, 0.29) is 23.8 Å². The van der Waals surface area contributed by atoms with Crippen molar-refractivity contribution in [3.05, 3.63) is 47.7 Å². The minimum absolute atomic E-state index is 0.0776. The zero-order valence-corrected chi connectivity index (χ0v) is 14.4. The molecule has 1 aliphatic rings. The number of rotatable bonds is 6. The van der Waals surface area contributed by atoms with Crippen molar-refractivity contribution < 1.29 is 14.3 Å². The third-order valence-electron chi connectivity index (χ3n) is 4.38. The molecule has 2 amide bonds. The van der Waals surface area contributed by atoms with Gasteiger partial charge in [0.15, 0.2) is 5.82 Å². The molecule has 0 bridgehead atoms. The van der Waals surface area contributed by atoms with E-state index >= 15 is 0 Å². The predicted octanol–water partition coefficient (Wildman–Crippen LogP) is 1.71. The molecule has 7 heteroatoms. The second-order valence-corrected chi connectivity index (χ2v) is 6.19. The molecule has 1 heterocycles. The van der Waals surface area contributed by atoms with E-state index in [0.717, 1.165) is 5.56 Å². The Morgan fingerprint density at radius 1 is 1.28 bits per heavy atom. The lowest BCUT2D eigenvalue weighted by Gasteiger charge is -2.33. The van der Waals surface area contributed by atoms with Crippen molar-refractivity contribution in [1.29, 1.82) is 0 Å². The van der Waals surface area contributed by atoms with Crippen LogP contribution in [-0.2, 0) is 23.2 Å². The Hall–Kier alpha value is -2.67. The third-order valence-corrected chi connectivity index (χ3v) is 4.38. The normalized spacial score (nSPS) is 19.1. The van der Waals surface area contributed by atoms with Crippen molar-refractivity contribution in [3.8, 4) is 0 Å². The fourth-order valence-corrected chi connectivity index (χ4v) is 2.80. The molecule has 1 aromatic heterocycles. The van der Waals surface area contributed by atoms with Gasteiger partial charge in [-0.05, 0) is 18.4 Å². The first-order chi connectivity index (χ1) is 12.1. The number of nitrogens with one attached hydrogen (secondary N) is 2. The minimum atomic E-state index is -0.242. The van der Waals surface area contributed by atoms with Crippen LogP contribution in [0.5, 0.6) is 0 Å². The fraction of sp³-hybridized carbons (Fsp3) is 0.389. The van der Waals surface area contributed by atoms with Crippen LogP contribution in [0.4, 0.5) is 5.82 Å². The van der Waals surface area contributed by atoms with Gasteiger partial charge in [-0.3, -0.25) is 14.3 Å². The van der Waals surface area contributed by atoms with Crippen molar-refractivity contribution in [1.82, 2.24) is 15.1 Å². The van der Waals surface area contributed by atoms with Crippen molar-refractivity contribution >= 4 is 17.6 Å². The van der Waals surface area contributed by atoms with Crippen molar-refractivity contribution in [2.24, 2.45) is 13.0 Å². The monoisotopic (exact) mass is 342 g/mol. The first kappa shape index (κ1) is 17.2. The largest absolute Gasteiger partial charge is 0.373 e. The number of aryl methyl sites for hydroxylation is 1. The van der Waals surface area contributed by atoms with Crippen molar-refractivity contribution in [2.75, 3.05) is 12.4 Å². The summed E-state index contributed by atoms with van der Waals surface area (Å²) in [6, 6.07) is 11.5. The molecule has 0 aliphatic heterocycles. The van der Waals surface area contributed by atoms with Gasteiger partial charge in [-0.25, -0.2) is 0 Å². The van der Waals surface area contributed by atoms with Gasteiger partial charge in [0.25, 0.3) is 5.91 Å². The van der Waals surface area contributed by atoms with Gasteiger partial charge in [-0.15, -0.1) is 0 Å². The molecule has 3 rings (SSSR count). The summed E-state index contributed by atoms with van der Waals surface area (Å²) in [5.41, 5.74) is 1.53. The van der Waals surface area contributed by atoms with E-state index in [2.05, 4.69) is 15.7 Å². The van der Waals surface area contributed by atoms with E-state index in [9.17, 15) is 9.59 Å². The zero-order chi connectivity index (χ0) is 17.8. The summed E-state index contributed by atoms with van der Waals surface area (Å²) in [6.07, 6.45) is 1.52. The second kappa shape index (κ2) is 7.48. The Morgan fingerprint density at radius 2 is 2.00 bits per heavy atom. The molecular weight excluding hydrogens is 320 g/mol. The average Bonchev–Trinajstić information content (AvgIpc) is 2.94. The molecule has 0 unspecified atom stereocenters. The van der Waals surface area contributed by atoms with Crippen LogP contribution in [0, 0.1) is 5.92 Å². The average molecular weight is 342 g/mol. The number of carbonyl (C=O) groups excluding carboxylic acids is 2. The molecule has 0 saturated heterocycles. The van der Waals surface area contributed by atoms with Gasteiger partial charge < -0.3 is 15.4 Å². The highest BCUT2D eigenvalue weighted by atomic mass is 16.5. The summed E-state index contributed by atoms with van der Waals surface area (Å²) in [7, 11) is 3.22. The van der Waals surface area contributed by atoms with Gasteiger partial charge in [-0.2, -0.15) is 5.10 Å². The topological polar surface area (TPSA) is 85.2 Å². The number of anilines is 1. The van der Waals surface area contributed by atoms with Gasteiger partial charge in [0, 0.05) is 26.1 Å². The quantitative estimate of drug-likeness (QED) is 0.837. The first-order valence-corrected chi connectivity index (χ1v) is 8.29. The summed E-state index contributed by atoms with van der Waals surface area (Å²) in [5, 5.41) is 9.46. The van der Waals surface area contributed by atoms with Crippen LogP contribution in [0.3, 0.4) is 0 Å². The highest BCUT2D eigenvalue weighted by Gasteiger charge is 2.35. The van der Waals surface area contributed by atoms with Crippen LogP contribution < -0.4 is 10.6 Å². The smallest absolute Gasteiger partial charge is 0.269 e. The molecular formula is C18H22N4O3. The Labute approximate surface area is 146 Å². The molecule has 132 valence electrons. The van der Waals surface area contributed by atoms with Gasteiger partial charge in [0.1, 0.15) is 5.69 Å². The van der Waals surface area contributed by atoms with Crippen LogP contribution in [0.2, 0.25) is 0 Å². The second-order valence-electron chi connectivity index (χ2n) is 6.19. The highest BCUT2D eigenvalue weighted by Crippen LogP contribution is 2.31. The summed E-state index contributed by atoms with van der Waals surface area (Å²) in [4.78, 5) is 23.9. The highest BCUT2D eigenvalue weighted by molar-refractivity contribution is 5.96. The number of hydrogen-bond acceptors (Lipinski definition) is 4. The van der Waals surface area contributed by atoms with E-state index < -0.39 is 0 Å². The summed E-state index contributed by atoms with van der Waals surface area (Å²) in [5.74, 6) is -0.0133. The van der Waals surface area contributed by atoms with Crippen molar-refractivity contribution in [2.45, 2.75) is 25.6 Å². The lowest BCUT2D eigenvalue weighted by molar-refractivity contribution is -0.129. The molecule has 2 N–H and O–H groups in total. The summed E-state index contributed by atoms with van der Waals surface area (Å²) in [6.45, 7) is 0.565. The molecule has 1 aromatic carbocycles. The molecule has 1 aliphatic carbocycles. The fourth-order valence-electron chi connectivity index (χ4n) is 2.80.